The largest absolute Gasteiger partial charge is 0.491 e. The SMILES string of the molecule is CCCNC(CC)C(C)OCCOc1ccccc1. The Kier molecular flexibility index (Phi) is 8.26. The first-order chi connectivity index (χ1) is 9.27. The van der Waals surface area contributed by atoms with E-state index in [1.165, 1.54) is 0 Å². The van der Waals surface area contributed by atoms with Crippen LogP contribution in [-0.2, 0) is 4.74 Å². The van der Waals surface area contributed by atoms with Gasteiger partial charge in [-0.15, -0.1) is 0 Å². The van der Waals surface area contributed by atoms with Gasteiger partial charge in [-0.3, -0.25) is 0 Å². The maximum Gasteiger partial charge on any atom is 0.119 e. The predicted molar refractivity (Wildman–Crippen MR) is 79.7 cm³/mol. The number of benzene rings is 1. The number of para-hydroxylation sites is 1. The van der Waals surface area contributed by atoms with E-state index < -0.39 is 0 Å². The van der Waals surface area contributed by atoms with Crippen LogP contribution in [0.5, 0.6) is 5.75 Å². The van der Waals surface area contributed by atoms with Crippen LogP contribution < -0.4 is 10.1 Å². The Labute approximate surface area is 117 Å². The second kappa shape index (κ2) is 9.82. The molecule has 0 radical (unpaired) electrons. The van der Waals surface area contributed by atoms with Crippen molar-refractivity contribution in [1.29, 1.82) is 0 Å². The number of hydrogen-bond donors (Lipinski definition) is 1. The molecule has 0 amide bonds. The second-order valence-electron chi connectivity index (χ2n) is 4.71. The van der Waals surface area contributed by atoms with Gasteiger partial charge in [0.1, 0.15) is 12.4 Å². The van der Waals surface area contributed by atoms with E-state index in [0.717, 1.165) is 25.1 Å². The molecule has 2 atom stereocenters. The fourth-order valence-electron chi connectivity index (χ4n) is 2.00. The van der Waals surface area contributed by atoms with Crippen molar-refractivity contribution in [3.63, 3.8) is 0 Å². The lowest BCUT2D eigenvalue weighted by Crippen LogP contribution is -2.40. The van der Waals surface area contributed by atoms with Crippen molar-refractivity contribution in [3.8, 4) is 5.75 Å². The van der Waals surface area contributed by atoms with Gasteiger partial charge in [-0.2, -0.15) is 0 Å². The molecule has 0 saturated carbocycles. The molecule has 0 fully saturated rings. The van der Waals surface area contributed by atoms with Crippen molar-refractivity contribution in [2.24, 2.45) is 0 Å². The first-order valence-corrected chi connectivity index (χ1v) is 7.30. The Hall–Kier alpha value is -1.06. The topological polar surface area (TPSA) is 30.5 Å². The summed E-state index contributed by atoms with van der Waals surface area (Å²) in [6.07, 6.45) is 2.46. The summed E-state index contributed by atoms with van der Waals surface area (Å²) in [6.45, 7) is 8.76. The summed E-state index contributed by atoms with van der Waals surface area (Å²) < 4.78 is 11.4. The molecule has 0 heterocycles. The van der Waals surface area contributed by atoms with E-state index in [-0.39, 0.29) is 6.10 Å². The third kappa shape index (κ3) is 6.60. The van der Waals surface area contributed by atoms with Crippen LogP contribution in [0.15, 0.2) is 30.3 Å². The molecule has 3 nitrogen and oxygen atoms in total. The van der Waals surface area contributed by atoms with E-state index in [2.05, 4.69) is 26.1 Å². The fourth-order valence-corrected chi connectivity index (χ4v) is 2.00. The monoisotopic (exact) mass is 265 g/mol. The molecule has 1 N–H and O–H groups in total. The van der Waals surface area contributed by atoms with Gasteiger partial charge in [-0.1, -0.05) is 32.0 Å². The van der Waals surface area contributed by atoms with Crippen LogP contribution in [0, 0.1) is 0 Å². The highest BCUT2D eigenvalue weighted by Gasteiger charge is 2.14. The van der Waals surface area contributed by atoms with Crippen molar-refractivity contribution >= 4 is 0 Å². The van der Waals surface area contributed by atoms with Crippen molar-refractivity contribution in [2.75, 3.05) is 19.8 Å². The van der Waals surface area contributed by atoms with E-state index in [9.17, 15) is 0 Å². The minimum Gasteiger partial charge on any atom is -0.491 e. The molecule has 0 aliphatic heterocycles. The smallest absolute Gasteiger partial charge is 0.119 e. The lowest BCUT2D eigenvalue weighted by Gasteiger charge is -2.24. The van der Waals surface area contributed by atoms with E-state index >= 15 is 0 Å². The van der Waals surface area contributed by atoms with Crippen LogP contribution in [-0.4, -0.2) is 31.9 Å². The number of ether oxygens (including phenoxy) is 2. The zero-order valence-electron chi connectivity index (χ0n) is 12.4. The normalized spacial score (nSPS) is 14.1. The Morgan fingerprint density at radius 2 is 1.84 bits per heavy atom. The summed E-state index contributed by atoms with van der Waals surface area (Å²) in [7, 11) is 0. The van der Waals surface area contributed by atoms with E-state index in [1.807, 2.05) is 30.3 Å². The molecule has 1 rings (SSSR count). The van der Waals surface area contributed by atoms with Gasteiger partial charge in [-0.05, 0) is 38.4 Å². The third-order valence-corrected chi connectivity index (χ3v) is 3.14. The molecule has 3 heteroatoms. The minimum absolute atomic E-state index is 0.218. The third-order valence-electron chi connectivity index (χ3n) is 3.14. The molecule has 2 unspecified atom stereocenters. The van der Waals surface area contributed by atoms with Gasteiger partial charge in [0, 0.05) is 6.04 Å². The van der Waals surface area contributed by atoms with Crippen LogP contribution in [0.2, 0.25) is 0 Å². The molecule has 0 saturated heterocycles. The molecule has 1 aromatic rings. The first-order valence-electron chi connectivity index (χ1n) is 7.30. The molecule has 0 aromatic heterocycles. The molecule has 0 aliphatic carbocycles. The molecular formula is C16H27NO2. The molecule has 1 aromatic carbocycles. The average Bonchev–Trinajstić information content (AvgIpc) is 2.45. The number of hydrogen-bond acceptors (Lipinski definition) is 3. The summed E-state index contributed by atoms with van der Waals surface area (Å²) in [6, 6.07) is 10.3. The second-order valence-corrected chi connectivity index (χ2v) is 4.71. The van der Waals surface area contributed by atoms with Crippen molar-refractivity contribution < 1.29 is 9.47 Å². The maximum atomic E-state index is 5.83. The highest BCUT2D eigenvalue weighted by atomic mass is 16.5. The number of rotatable bonds is 10. The molecule has 0 spiro atoms. The van der Waals surface area contributed by atoms with Crippen LogP contribution >= 0.6 is 0 Å². The summed E-state index contributed by atoms with van der Waals surface area (Å²) in [4.78, 5) is 0. The van der Waals surface area contributed by atoms with Gasteiger partial charge in [-0.25, -0.2) is 0 Å². The lowest BCUT2D eigenvalue weighted by atomic mass is 10.1. The van der Waals surface area contributed by atoms with Crippen LogP contribution in [0.4, 0.5) is 0 Å². The van der Waals surface area contributed by atoms with Gasteiger partial charge < -0.3 is 14.8 Å². The van der Waals surface area contributed by atoms with Gasteiger partial charge in [0.2, 0.25) is 0 Å². The zero-order valence-corrected chi connectivity index (χ0v) is 12.4. The summed E-state index contributed by atoms with van der Waals surface area (Å²) in [5, 5.41) is 3.51. The molecule has 0 aliphatic rings. The van der Waals surface area contributed by atoms with Crippen molar-refractivity contribution in [1.82, 2.24) is 5.32 Å². The Morgan fingerprint density at radius 3 is 2.47 bits per heavy atom. The standard InChI is InChI=1S/C16H27NO2/c1-4-11-17-16(5-2)14(3)18-12-13-19-15-9-7-6-8-10-15/h6-10,14,16-17H,4-5,11-13H2,1-3H3. The Morgan fingerprint density at radius 1 is 1.11 bits per heavy atom. The van der Waals surface area contributed by atoms with E-state index in [4.69, 9.17) is 9.47 Å². The molecule has 108 valence electrons. The van der Waals surface area contributed by atoms with Crippen LogP contribution in [0.3, 0.4) is 0 Å². The van der Waals surface area contributed by atoms with Gasteiger partial charge in [0.05, 0.1) is 12.7 Å². The summed E-state index contributed by atoms with van der Waals surface area (Å²) in [5.41, 5.74) is 0. The highest BCUT2D eigenvalue weighted by Crippen LogP contribution is 2.08. The Bertz CT molecular complexity index is 316. The fraction of sp³-hybridized carbons (Fsp3) is 0.625. The summed E-state index contributed by atoms with van der Waals surface area (Å²) >= 11 is 0. The van der Waals surface area contributed by atoms with Crippen molar-refractivity contribution in [2.45, 2.75) is 45.8 Å². The lowest BCUT2D eigenvalue weighted by molar-refractivity contribution is 0.0213. The van der Waals surface area contributed by atoms with E-state index in [0.29, 0.717) is 19.3 Å². The predicted octanol–water partition coefficient (Wildman–Crippen LogP) is 3.25. The number of nitrogens with one attached hydrogen (secondary N) is 1. The van der Waals surface area contributed by atoms with Gasteiger partial charge >= 0.3 is 0 Å². The molecule has 19 heavy (non-hydrogen) atoms. The summed E-state index contributed by atoms with van der Waals surface area (Å²) in [5.74, 6) is 0.898. The quantitative estimate of drug-likeness (QED) is 0.659. The van der Waals surface area contributed by atoms with Gasteiger partial charge in [0.15, 0.2) is 0 Å². The Balaban J connectivity index is 2.17. The van der Waals surface area contributed by atoms with E-state index in [1.54, 1.807) is 0 Å². The minimum atomic E-state index is 0.218. The van der Waals surface area contributed by atoms with Gasteiger partial charge in [0.25, 0.3) is 0 Å². The molecule has 0 bridgehead atoms. The van der Waals surface area contributed by atoms with Crippen LogP contribution in [0.25, 0.3) is 0 Å². The average molecular weight is 265 g/mol. The van der Waals surface area contributed by atoms with Crippen LogP contribution in [0.1, 0.15) is 33.6 Å². The maximum absolute atomic E-state index is 5.83. The zero-order chi connectivity index (χ0) is 13.9. The first kappa shape index (κ1) is 16.0. The highest BCUT2D eigenvalue weighted by molar-refractivity contribution is 5.20. The van der Waals surface area contributed by atoms with Crippen molar-refractivity contribution in [3.05, 3.63) is 30.3 Å². The molecular weight excluding hydrogens is 238 g/mol.